The summed E-state index contributed by atoms with van der Waals surface area (Å²) in [7, 11) is 0. The molecule has 0 saturated heterocycles. The van der Waals surface area contributed by atoms with Crippen LogP contribution in [-0.4, -0.2) is 11.6 Å². The smallest absolute Gasteiger partial charge is 0.150 e. The molecule has 27 heavy (non-hydrogen) atoms. The molecule has 0 unspecified atom stereocenters. The normalized spacial score (nSPS) is 14.4. The number of hydrogen-bond acceptors (Lipinski definition) is 2. The summed E-state index contributed by atoms with van der Waals surface area (Å²) in [6.45, 7) is 2.26. The molecule has 3 nitrogen and oxygen atoms in total. The van der Waals surface area contributed by atoms with Crippen molar-refractivity contribution in [3.63, 3.8) is 0 Å². The van der Waals surface area contributed by atoms with E-state index in [1.165, 1.54) is 63.4 Å². The van der Waals surface area contributed by atoms with Crippen molar-refractivity contribution in [3.8, 4) is 0 Å². The molecule has 2 rings (SSSR count). The second-order valence-electron chi connectivity index (χ2n) is 7.99. The van der Waals surface area contributed by atoms with Crippen LogP contribution in [0.1, 0.15) is 88.7 Å². The first kappa shape index (κ1) is 23.7. The standard InChI is InChI=1S/C23H36N2O.ClH/c1-2-3-4-5-6-7-8-9-10-11-19-12-14-20(15-13-19)18-21(26)23(16-17-23)22(24)25;/h12-15H,2-11,16-18H2,1H3,(H3,24,25);1H. The van der Waals surface area contributed by atoms with Gasteiger partial charge in [0.15, 0.2) is 5.78 Å². The van der Waals surface area contributed by atoms with E-state index < -0.39 is 5.41 Å². The molecule has 0 radical (unpaired) electrons. The predicted octanol–water partition coefficient (Wildman–Crippen LogP) is 6.01. The van der Waals surface area contributed by atoms with E-state index in [9.17, 15) is 4.79 Å². The number of carbonyl (C=O) groups is 1. The van der Waals surface area contributed by atoms with Crippen LogP contribution in [0.2, 0.25) is 0 Å². The maximum atomic E-state index is 12.4. The molecular formula is C23H37ClN2O. The van der Waals surface area contributed by atoms with Gasteiger partial charge in [0.2, 0.25) is 0 Å². The monoisotopic (exact) mass is 392 g/mol. The molecule has 0 aromatic heterocycles. The van der Waals surface area contributed by atoms with Gasteiger partial charge in [0.25, 0.3) is 0 Å². The largest absolute Gasteiger partial charge is 0.387 e. The number of aryl methyl sites for hydroxylation is 1. The Kier molecular flexibility index (Phi) is 10.7. The molecule has 0 amide bonds. The fraction of sp³-hybridized carbons (Fsp3) is 0.652. The quantitative estimate of drug-likeness (QED) is 0.231. The Morgan fingerprint density at radius 3 is 1.89 bits per heavy atom. The number of benzene rings is 1. The van der Waals surface area contributed by atoms with E-state index in [1.807, 2.05) is 0 Å². The minimum Gasteiger partial charge on any atom is -0.387 e. The van der Waals surface area contributed by atoms with E-state index in [1.54, 1.807) is 0 Å². The molecule has 4 heteroatoms. The van der Waals surface area contributed by atoms with Gasteiger partial charge in [-0.25, -0.2) is 0 Å². The molecular weight excluding hydrogens is 356 g/mol. The fourth-order valence-electron chi connectivity index (χ4n) is 3.64. The Labute approximate surface area is 171 Å². The van der Waals surface area contributed by atoms with Gasteiger partial charge in [-0.2, -0.15) is 0 Å². The second-order valence-corrected chi connectivity index (χ2v) is 7.99. The number of nitrogens with two attached hydrogens (primary N) is 1. The highest BCUT2D eigenvalue weighted by Gasteiger charge is 2.52. The number of halogens is 1. The first-order valence-electron chi connectivity index (χ1n) is 10.5. The Morgan fingerprint density at radius 2 is 1.41 bits per heavy atom. The van der Waals surface area contributed by atoms with Crippen molar-refractivity contribution in [2.45, 2.75) is 90.4 Å². The van der Waals surface area contributed by atoms with Gasteiger partial charge in [0, 0.05) is 6.42 Å². The first-order valence-corrected chi connectivity index (χ1v) is 10.5. The van der Waals surface area contributed by atoms with Crippen LogP contribution >= 0.6 is 12.4 Å². The fourth-order valence-corrected chi connectivity index (χ4v) is 3.64. The van der Waals surface area contributed by atoms with Crippen molar-refractivity contribution in [1.29, 1.82) is 5.41 Å². The van der Waals surface area contributed by atoms with E-state index in [4.69, 9.17) is 11.1 Å². The lowest BCUT2D eigenvalue weighted by molar-refractivity contribution is -0.121. The lowest BCUT2D eigenvalue weighted by Crippen LogP contribution is -2.32. The minimum absolute atomic E-state index is 0. The number of hydrogen-bond donors (Lipinski definition) is 2. The molecule has 152 valence electrons. The Morgan fingerprint density at radius 1 is 0.926 bits per heavy atom. The van der Waals surface area contributed by atoms with E-state index in [2.05, 4.69) is 31.2 Å². The zero-order valence-corrected chi connectivity index (χ0v) is 17.7. The summed E-state index contributed by atoms with van der Waals surface area (Å²) in [5.74, 6) is 0.154. The summed E-state index contributed by atoms with van der Waals surface area (Å²) in [4.78, 5) is 12.4. The van der Waals surface area contributed by atoms with Crippen molar-refractivity contribution in [1.82, 2.24) is 0 Å². The van der Waals surface area contributed by atoms with Crippen LogP contribution in [0.5, 0.6) is 0 Å². The topological polar surface area (TPSA) is 66.9 Å². The van der Waals surface area contributed by atoms with Crippen molar-refractivity contribution in [2.75, 3.05) is 0 Å². The van der Waals surface area contributed by atoms with E-state index in [0.29, 0.717) is 6.42 Å². The molecule has 1 fully saturated rings. The number of Topliss-reactive ketones (excluding diaryl/α,β-unsaturated/α-hetero) is 1. The summed E-state index contributed by atoms with van der Waals surface area (Å²) in [5.41, 5.74) is 7.36. The van der Waals surface area contributed by atoms with E-state index in [-0.39, 0.29) is 24.0 Å². The molecule has 1 aliphatic rings. The Bertz CT molecular complexity index is 579. The van der Waals surface area contributed by atoms with Gasteiger partial charge in [0.05, 0.1) is 5.41 Å². The molecule has 0 aliphatic heterocycles. The van der Waals surface area contributed by atoms with Gasteiger partial charge in [0.1, 0.15) is 5.84 Å². The van der Waals surface area contributed by atoms with Crippen molar-refractivity contribution in [3.05, 3.63) is 35.4 Å². The van der Waals surface area contributed by atoms with Crippen LogP contribution in [0.3, 0.4) is 0 Å². The molecule has 1 saturated carbocycles. The highest BCUT2D eigenvalue weighted by Crippen LogP contribution is 2.47. The van der Waals surface area contributed by atoms with Crippen LogP contribution in [0.4, 0.5) is 0 Å². The molecule has 0 atom stereocenters. The van der Waals surface area contributed by atoms with E-state index in [0.717, 1.165) is 24.8 Å². The van der Waals surface area contributed by atoms with Gasteiger partial charge >= 0.3 is 0 Å². The van der Waals surface area contributed by atoms with Gasteiger partial charge < -0.3 is 5.73 Å². The predicted molar refractivity (Wildman–Crippen MR) is 117 cm³/mol. The number of carbonyl (C=O) groups excluding carboxylic acids is 1. The lowest BCUT2D eigenvalue weighted by atomic mass is 9.93. The average molecular weight is 393 g/mol. The SMILES string of the molecule is CCCCCCCCCCCc1ccc(CC(=O)C2(C(=N)N)CC2)cc1.Cl. The molecule has 3 N–H and O–H groups in total. The summed E-state index contributed by atoms with van der Waals surface area (Å²) >= 11 is 0. The molecule has 0 heterocycles. The maximum absolute atomic E-state index is 12.4. The van der Waals surface area contributed by atoms with E-state index >= 15 is 0 Å². The summed E-state index contributed by atoms with van der Waals surface area (Å²) in [5, 5.41) is 7.61. The maximum Gasteiger partial charge on any atom is 0.150 e. The molecule has 1 aromatic rings. The summed E-state index contributed by atoms with van der Waals surface area (Å²) in [6, 6.07) is 8.44. The van der Waals surface area contributed by atoms with Crippen LogP contribution in [0.15, 0.2) is 24.3 Å². The van der Waals surface area contributed by atoms with Gasteiger partial charge in [-0.1, -0.05) is 82.6 Å². The molecule has 0 spiro atoms. The van der Waals surface area contributed by atoms with Crippen LogP contribution in [0, 0.1) is 10.8 Å². The van der Waals surface area contributed by atoms with Crippen LogP contribution in [0.25, 0.3) is 0 Å². The Hall–Kier alpha value is -1.35. The highest BCUT2D eigenvalue weighted by atomic mass is 35.5. The lowest BCUT2D eigenvalue weighted by Gasteiger charge is -2.12. The second kappa shape index (κ2) is 12.2. The number of rotatable bonds is 14. The van der Waals surface area contributed by atoms with Crippen molar-refractivity contribution >= 4 is 24.0 Å². The zero-order chi connectivity index (χ0) is 18.8. The van der Waals surface area contributed by atoms with Crippen LogP contribution < -0.4 is 5.73 Å². The minimum atomic E-state index is -0.630. The zero-order valence-electron chi connectivity index (χ0n) is 16.9. The van der Waals surface area contributed by atoms with Crippen molar-refractivity contribution in [2.24, 2.45) is 11.1 Å². The van der Waals surface area contributed by atoms with Crippen LogP contribution in [-0.2, 0) is 17.6 Å². The first-order chi connectivity index (χ1) is 12.6. The number of nitrogens with one attached hydrogen (secondary N) is 1. The molecule has 1 aliphatic carbocycles. The third-order valence-electron chi connectivity index (χ3n) is 5.76. The Balaban J connectivity index is 0.00000364. The summed E-state index contributed by atoms with van der Waals surface area (Å²) < 4.78 is 0. The average Bonchev–Trinajstić information content (AvgIpc) is 3.44. The third kappa shape index (κ3) is 7.65. The number of amidine groups is 1. The van der Waals surface area contributed by atoms with Gasteiger partial charge in [-0.15, -0.1) is 12.4 Å². The third-order valence-corrected chi connectivity index (χ3v) is 5.76. The number of ketones is 1. The van der Waals surface area contributed by atoms with Crippen molar-refractivity contribution < 1.29 is 4.79 Å². The molecule has 1 aromatic carbocycles. The highest BCUT2D eigenvalue weighted by molar-refractivity contribution is 6.09. The van der Waals surface area contributed by atoms with Gasteiger partial charge in [-0.3, -0.25) is 10.2 Å². The number of unbranched alkanes of at least 4 members (excludes halogenated alkanes) is 8. The van der Waals surface area contributed by atoms with Gasteiger partial charge in [-0.05, 0) is 36.8 Å². The molecule has 0 bridgehead atoms. The summed E-state index contributed by atoms with van der Waals surface area (Å²) in [6.07, 6.45) is 15.2.